The molecule has 0 heterocycles. The average Bonchev–Trinajstić information content (AvgIpc) is 1.83. The van der Waals surface area contributed by atoms with Crippen LogP contribution in [0.4, 0.5) is 0 Å². The van der Waals surface area contributed by atoms with Crippen molar-refractivity contribution < 1.29 is 9.90 Å². The molecular weight excluding hydrogens is 251 g/mol. The second-order valence-electron chi connectivity index (χ2n) is 1.58. The molecule has 0 amide bonds. The summed E-state index contributed by atoms with van der Waals surface area (Å²) in [6.45, 7) is 0. The van der Waals surface area contributed by atoms with Gasteiger partial charge in [-0.15, -0.1) is 11.8 Å². The van der Waals surface area contributed by atoms with Gasteiger partial charge in [0.15, 0.2) is 3.79 Å². The fraction of sp³-hybridized carbons (Fsp3) is 0.800. The van der Waals surface area contributed by atoms with Crippen molar-refractivity contribution in [3.8, 4) is 0 Å². The largest absolute Gasteiger partial charge is 0.382 e. The first-order chi connectivity index (χ1) is 4.16. The van der Waals surface area contributed by atoms with E-state index >= 15 is 0 Å². The Kier molecular flexibility index (Phi) is 5.92. The van der Waals surface area contributed by atoms with Crippen LogP contribution in [-0.2, 0) is 4.79 Å². The highest BCUT2D eigenvalue weighted by Crippen LogP contribution is 2.10. The van der Waals surface area contributed by atoms with Crippen LogP contribution >= 0.6 is 34.4 Å². The lowest BCUT2D eigenvalue weighted by Gasteiger charge is -2.02. The number of thioether (sulfide) groups is 1. The van der Waals surface area contributed by atoms with Gasteiger partial charge in [0, 0.05) is 6.42 Å². The number of halogens is 1. The van der Waals surface area contributed by atoms with Gasteiger partial charge < -0.3 is 5.11 Å². The van der Waals surface area contributed by atoms with Crippen LogP contribution in [0.15, 0.2) is 0 Å². The molecule has 9 heavy (non-hydrogen) atoms. The van der Waals surface area contributed by atoms with Crippen molar-refractivity contribution in [2.45, 2.75) is 18.3 Å². The minimum atomic E-state index is -0.372. The van der Waals surface area contributed by atoms with Crippen LogP contribution in [0.25, 0.3) is 0 Å². The third kappa shape index (κ3) is 6.60. The summed E-state index contributed by atoms with van der Waals surface area (Å²) in [4.78, 5) is 10.3. The van der Waals surface area contributed by atoms with Crippen molar-refractivity contribution in [3.05, 3.63) is 0 Å². The number of rotatable bonds is 4. The Morgan fingerprint density at radius 1 is 1.89 bits per heavy atom. The molecule has 0 aromatic heterocycles. The maximum Gasteiger partial charge on any atom is 0.192 e. The van der Waals surface area contributed by atoms with E-state index < -0.39 is 0 Å². The number of carbonyl (C=O) groups excluding carboxylic acids is 1. The van der Waals surface area contributed by atoms with Gasteiger partial charge in [-0.05, 0) is 35.3 Å². The maximum absolute atomic E-state index is 10.3. The van der Waals surface area contributed by atoms with Crippen LogP contribution in [0.5, 0.6) is 0 Å². The first-order valence-electron chi connectivity index (χ1n) is 2.56. The molecule has 54 valence electrons. The summed E-state index contributed by atoms with van der Waals surface area (Å²) in [5, 5.41) is 8.91. The molecule has 0 aromatic carbocycles. The van der Waals surface area contributed by atoms with Crippen molar-refractivity contribution in [1.29, 1.82) is 0 Å². The number of carbonyl (C=O) groups is 1. The average molecular weight is 260 g/mol. The standard InChI is InChI=1S/C5H9IO2S/c1-9-5(8)3-2-4(6)7/h5,8H,2-3H2,1H3. The molecule has 0 radical (unpaired) electrons. The van der Waals surface area contributed by atoms with Gasteiger partial charge >= 0.3 is 0 Å². The fourth-order valence-corrected chi connectivity index (χ4v) is 1.02. The maximum atomic E-state index is 10.3. The Balaban J connectivity index is 3.16. The van der Waals surface area contributed by atoms with Crippen LogP contribution in [0, 0.1) is 0 Å². The molecule has 2 nitrogen and oxygen atoms in total. The van der Waals surface area contributed by atoms with Crippen molar-refractivity contribution in [1.82, 2.24) is 0 Å². The summed E-state index contributed by atoms with van der Waals surface area (Å²) >= 11 is 3.10. The molecular formula is C5H9IO2S. The lowest BCUT2D eigenvalue weighted by molar-refractivity contribution is -0.109. The molecule has 0 fully saturated rings. The summed E-state index contributed by atoms with van der Waals surface area (Å²) in [6.07, 6.45) is 2.87. The van der Waals surface area contributed by atoms with Crippen LogP contribution in [-0.4, -0.2) is 20.6 Å². The van der Waals surface area contributed by atoms with Crippen LogP contribution < -0.4 is 0 Å². The normalized spacial score (nSPS) is 13.2. The van der Waals surface area contributed by atoms with Crippen LogP contribution in [0.1, 0.15) is 12.8 Å². The minimum absolute atomic E-state index is 0.112. The molecule has 0 spiro atoms. The van der Waals surface area contributed by atoms with E-state index in [0.717, 1.165) is 0 Å². The molecule has 0 saturated carbocycles. The van der Waals surface area contributed by atoms with Crippen molar-refractivity contribution in [2.75, 3.05) is 6.26 Å². The van der Waals surface area contributed by atoms with E-state index in [-0.39, 0.29) is 9.23 Å². The van der Waals surface area contributed by atoms with Crippen LogP contribution in [0.3, 0.4) is 0 Å². The molecule has 0 saturated heterocycles. The summed E-state index contributed by atoms with van der Waals surface area (Å²) in [6, 6.07) is 0. The van der Waals surface area contributed by atoms with Gasteiger partial charge in [-0.25, -0.2) is 0 Å². The number of hydrogen-bond acceptors (Lipinski definition) is 3. The van der Waals surface area contributed by atoms with E-state index in [4.69, 9.17) is 5.11 Å². The van der Waals surface area contributed by atoms with Gasteiger partial charge in [0.2, 0.25) is 0 Å². The zero-order valence-electron chi connectivity index (χ0n) is 5.13. The van der Waals surface area contributed by atoms with Gasteiger partial charge in [0.05, 0.1) is 5.44 Å². The second kappa shape index (κ2) is 5.49. The van der Waals surface area contributed by atoms with E-state index in [1.165, 1.54) is 11.8 Å². The van der Waals surface area contributed by atoms with Gasteiger partial charge in [-0.2, -0.15) is 0 Å². The lowest BCUT2D eigenvalue weighted by Crippen LogP contribution is -2.00. The topological polar surface area (TPSA) is 37.3 Å². The molecule has 0 aliphatic rings. The Labute approximate surface area is 72.5 Å². The van der Waals surface area contributed by atoms with E-state index in [0.29, 0.717) is 12.8 Å². The summed E-state index contributed by atoms with van der Waals surface area (Å²) in [5.74, 6) is 0. The molecule has 1 N–H and O–H groups in total. The highest BCUT2D eigenvalue weighted by Gasteiger charge is 2.02. The molecule has 1 atom stereocenters. The molecule has 1 unspecified atom stereocenters. The van der Waals surface area contributed by atoms with Crippen molar-refractivity contribution in [3.63, 3.8) is 0 Å². The SMILES string of the molecule is CSC(O)CCC(=O)I. The molecule has 0 aliphatic carbocycles. The summed E-state index contributed by atoms with van der Waals surface area (Å²) < 4.78 is 0.112. The Hall–Kier alpha value is 0.710. The third-order valence-electron chi connectivity index (χ3n) is 0.860. The van der Waals surface area contributed by atoms with Gasteiger partial charge in [-0.1, -0.05) is 0 Å². The second-order valence-corrected chi connectivity index (χ2v) is 3.80. The Bertz CT molecular complexity index is 97.0. The lowest BCUT2D eigenvalue weighted by atomic mass is 10.3. The van der Waals surface area contributed by atoms with Gasteiger partial charge in [0.25, 0.3) is 0 Å². The van der Waals surface area contributed by atoms with E-state index in [9.17, 15) is 4.79 Å². The Morgan fingerprint density at radius 2 is 2.44 bits per heavy atom. The fourth-order valence-electron chi connectivity index (χ4n) is 0.355. The zero-order valence-corrected chi connectivity index (χ0v) is 8.11. The molecule has 4 heteroatoms. The Morgan fingerprint density at radius 3 is 2.78 bits per heavy atom. The van der Waals surface area contributed by atoms with Crippen molar-refractivity contribution >= 4 is 38.1 Å². The first-order valence-corrected chi connectivity index (χ1v) is 4.92. The predicted octanol–water partition coefficient (Wildman–Crippen LogP) is 1.41. The predicted molar refractivity (Wildman–Crippen MR) is 47.8 cm³/mol. The van der Waals surface area contributed by atoms with E-state index in [2.05, 4.69) is 0 Å². The highest BCUT2D eigenvalue weighted by molar-refractivity contribution is 14.1. The van der Waals surface area contributed by atoms with Crippen LogP contribution in [0.2, 0.25) is 0 Å². The van der Waals surface area contributed by atoms with E-state index in [1.54, 1.807) is 22.6 Å². The monoisotopic (exact) mass is 260 g/mol. The van der Waals surface area contributed by atoms with Gasteiger partial charge in [0.1, 0.15) is 0 Å². The highest BCUT2D eigenvalue weighted by atomic mass is 127. The molecule has 0 rings (SSSR count). The minimum Gasteiger partial charge on any atom is -0.382 e. The quantitative estimate of drug-likeness (QED) is 0.471. The molecule has 0 aliphatic heterocycles. The van der Waals surface area contributed by atoms with Gasteiger partial charge in [-0.3, -0.25) is 4.79 Å². The third-order valence-corrected chi connectivity index (χ3v) is 2.18. The molecule has 0 aromatic rings. The smallest absolute Gasteiger partial charge is 0.192 e. The number of aliphatic hydroxyl groups excluding tert-OH is 1. The zero-order chi connectivity index (χ0) is 7.28. The first kappa shape index (κ1) is 9.71. The number of hydrogen-bond donors (Lipinski definition) is 1. The summed E-state index contributed by atoms with van der Waals surface area (Å²) in [5.41, 5.74) is -0.372. The van der Waals surface area contributed by atoms with E-state index in [1.807, 2.05) is 6.26 Å². The molecule has 0 bridgehead atoms. The summed E-state index contributed by atoms with van der Waals surface area (Å²) in [7, 11) is 0. The van der Waals surface area contributed by atoms with Crippen molar-refractivity contribution in [2.24, 2.45) is 0 Å². The number of aliphatic hydroxyl groups is 1.